The van der Waals surface area contributed by atoms with Crippen LogP contribution in [0.3, 0.4) is 0 Å². The fourth-order valence-electron chi connectivity index (χ4n) is 2.04. The van der Waals surface area contributed by atoms with E-state index in [2.05, 4.69) is 14.7 Å². The molecule has 0 spiro atoms. The normalized spacial score (nSPS) is 13.8. The van der Waals surface area contributed by atoms with Crippen LogP contribution < -0.4 is 0 Å². The number of hydrogen-bond donors (Lipinski definition) is 3. The van der Waals surface area contributed by atoms with E-state index in [0.29, 0.717) is 5.65 Å². The van der Waals surface area contributed by atoms with Crippen LogP contribution >= 0.6 is 0 Å². The first-order valence-electron chi connectivity index (χ1n) is 6.57. The number of aromatic nitrogens is 2. The van der Waals surface area contributed by atoms with E-state index in [9.17, 15) is 25.1 Å². The average Bonchev–Trinajstić information content (AvgIpc) is 2.89. The fourth-order valence-corrected chi connectivity index (χ4v) is 2.04. The summed E-state index contributed by atoms with van der Waals surface area (Å²) < 4.78 is 4.69. The van der Waals surface area contributed by atoms with E-state index in [4.69, 9.17) is 0 Å². The van der Waals surface area contributed by atoms with Gasteiger partial charge < -0.3 is 19.9 Å². The van der Waals surface area contributed by atoms with E-state index in [0.717, 1.165) is 0 Å². The Morgan fingerprint density at radius 3 is 2.91 bits per heavy atom. The lowest BCUT2D eigenvalue weighted by Gasteiger charge is -2.17. The molecule has 0 amide bonds. The van der Waals surface area contributed by atoms with Crippen molar-refractivity contribution in [3.8, 4) is 0 Å². The molecule has 2 aromatic heterocycles. The van der Waals surface area contributed by atoms with E-state index in [1.165, 1.54) is 18.5 Å². The highest BCUT2D eigenvalue weighted by Gasteiger charge is 2.24. The summed E-state index contributed by atoms with van der Waals surface area (Å²) in [5, 5.41) is 31.0. The molecule has 0 aliphatic rings. The molecule has 0 aliphatic heterocycles. The molecule has 22 heavy (non-hydrogen) atoms. The van der Waals surface area contributed by atoms with Gasteiger partial charge >= 0.3 is 5.97 Å². The highest BCUT2D eigenvalue weighted by atomic mass is 16.6. The van der Waals surface area contributed by atoms with Gasteiger partial charge in [-0.1, -0.05) is 0 Å². The molecule has 9 heteroatoms. The molecule has 2 rings (SSSR count). The van der Waals surface area contributed by atoms with E-state index in [-0.39, 0.29) is 29.7 Å². The zero-order valence-corrected chi connectivity index (χ0v) is 11.7. The quantitative estimate of drug-likeness (QED) is 0.408. The molecule has 3 N–H and O–H groups in total. The topological polar surface area (TPSA) is 139 Å². The van der Waals surface area contributed by atoms with Crippen LogP contribution in [0.15, 0.2) is 18.5 Å². The maximum atomic E-state index is 11.3. The molecule has 0 aromatic carbocycles. The van der Waals surface area contributed by atoms with Gasteiger partial charge in [-0.2, -0.15) is 0 Å². The number of fused-ring (bicyclic) bond motifs is 1. The van der Waals surface area contributed by atoms with E-state index in [1.54, 1.807) is 6.92 Å². The molecule has 0 bridgehead atoms. The average molecular weight is 309 g/mol. The molecule has 0 saturated heterocycles. The summed E-state index contributed by atoms with van der Waals surface area (Å²) in [5.41, 5.74) is 0.283. The second-order valence-corrected chi connectivity index (χ2v) is 4.62. The maximum absolute atomic E-state index is 11.3. The number of carbonyl (C=O) groups is 1. The van der Waals surface area contributed by atoms with Gasteiger partial charge in [0.25, 0.3) is 5.69 Å². The van der Waals surface area contributed by atoms with Crippen molar-refractivity contribution in [3.05, 3.63) is 34.1 Å². The summed E-state index contributed by atoms with van der Waals surface area (Å²) in [7, 11) is 0. The summed E-state index contributed by atoms with van der Waals surface area (Å²) >= 11 is 0. The predicted octanol–water partition coefficient (Wildman–Crippen LogP) is 0.819. The van der Waals surface area contributed by atoms with Crippen LogP contribution in [0.1, 0.15) is 25.0 Å². The molecular weight excluding hydrogens is 294 g/mol. The van der Waals surface area contributed by atoms with Crippen LogP contribution in [0.25, 0.3) is 11.0 Å². The molecule has 2 atom stereocenters. The first kappa shape index (κ1) is 15.9. The number of rotatable bonds is 6. The maximum Gasteiger partial charge on any atom is 0.308 e. The number of esters is 1. The van der Waals surface area contributed by atoms with Gasteiger partial charge in [0, 0.05) is 11.8 Å². The van der Waals surface area contributed by atoms with Crippen molar-refractivity contribution >= 4 is 22.7 Å². The Morgan fingerprint density at radius 2 is 2.27 bits per heavy atom. The number of nitro groups is 1. The number of carbonyl (C=O) groups excluding carboxylic acids is 1. The summed E-state index contributed by atoms with van der Waals surface area (Å²) in [6.07, 6.45) is -0.709. The standard InChI is InChI=1S/C13H15N3O6/c1-2-22-11(18)4-10(17)12(19)7-3-8-9(16(20)21)6-15-13(8)14-5-7/h3,5-6,10,12,17,19H,2,4H2,1H3,(H,14,15). The van der Waals surface area contributed by atoms with Crippen molar-refractivity contribution in [1.82, 2.24) is 9.97 Å². The van der Waals surface area contributed by atoms with Crippen LogP contribution in [0.4, 0.5) is 5.69 Å². The lowest BCUT2D eigenvalue weighted by molar-refractivity contribution is -0.383. The molecule has 9 nitrogen and oxygen atoms in total. The van der Waals surface area contributed by atoms with Gasteiger partial charge in [0.2, 0.25) is 0 Å². The minimum Gasteiger partial charge on any atom is -0.466 e. The second-order valence-electron chi connectivity index (χ2n) is 4.62. The number of ether oxygens (including phenoxy) is 1. The molecule has 2 aromatic rings. The lowest BCUT2D eigenvalue weighted by Crippen LogP contribution is -2.23. The zero-order chi connectivity index (χ0) is 16.3. The third-order valence-corrected chi connectivity index (χ3v) is 3.11. The van der Waals surface area contributed by atoms with Gasteiger partial charge in [-0.25, -0.2) is 4.98 Å². The SMILES string of the molecule is CCOC(=O)CC(O)C(O)c1cnc2[nH]cc([N+](=O)[O-])c2c1. The third-order valence-electron chi connectivity index (χ3n) is 3.11. The first-order valence-corrected chi connectivity index (χ1v) is 6.57. The number of nitrogens with zero attached hydrogens (tertiary/aromatic N) is 2. The Morgan fingerprint density at radius 1 is 1.55 bits per heavy atom. The summed E-state index contributed by atoms with van der Waals surface area (Å²) in [6, 6.07) is 1.36. The predicted molar refractivity (Wildman–Crippen MR) is 75.0 cm³/mol. The lowest BCUT2D eigenvalue weighted by atomic mass is 10.0. The van der Waals surface area contributed by atoms with E-state index >= 15 is 0 Å². The molecule has 2 unspecified atom stereocenters. The van der Waals surface area contributed by atoms with Crippen LogP contribution in [0, 0.1) is 10.1 Å². The Balaban J connectivity index is 2.24. The number of H-pyrrole nitrogens is 1. The zero-order valence-electron chi connectivity index (χ0n) is 11.7. The first-order chi connectivity index (χ1) is 10.4. The van der Waals surface area contributed by atoms with Gasteiger partial charge in [-0.3, -0.25) is 14.9 Å². The smallest absolute Gasteiger partial charge is 0.308 e. The number of hydrogen-bond acceptors (Lipinski definition) is 7. The number of nitrogens with one attached hydrogen (secondary N) is 1. The second kappa shape index (κ2) is 6.50. The summed E-state index contributed by atoms with van der Waals surface area (Å²) in [5.74, 6) is -0.643. The van der Waals surface area contributed by atoms with Crippen LogP contribution in [-0.4, -0.2) is 43.8 Å². The molecule has 0 aliphatic carbocycles. The van der Waals surface area contributed by atoms with Crippen molar-refractivity contribution < 1.29 is 24.7 Å². The largest absolute Gasteiger partial charge is 0.466 e. The highest BCUT2D eigenvalue weighted by molar-refractivity contribution is 5.86. The summed E-state index contributed by atoms with van der Waals surface area (Å²) in [4.78, 5) is 28.2. The van der Waals surface area contributed by atoms with Crippen molar-refractivity contribution in [3.63, 3.8) is 0 Å². The molecule has 118 valence electrons. The van der Waals surface area contributed by atoms with Crippen LogP contribution in [0.5, 0.6) is 0 Å². The molecule has 0 fully saturated rings. The van der Waals surface area contributed by atoms with Gasteiger partial charge in [0.05, 0.1) is 35.6 Å². The monoisotopic (exact) mass is 309 g/mol. The fraction of sp³-hybridized carbons (Fsp3) is 0.385. The van der Waals surface area contributed by atoms with Gasteiger partial charge in [-0.05, 0) is 13.0 Å². The molecule has 0 saturated carbocycles. The molecular formula is C13H15N3O6. The van der Waals surface area contributed by atoms with Crippen LogP contribution in [0.2, 0.25) is 0 Å². The minimum absolute atomic E-state index is 0.171. The van der Waals surface area contributed by atoms with Crippen molar-refractivity contribution in [2.24, 2.45) is 0 Å². The Labute approximate surface area is 124 Å². The number of pyridine rings is 1. The Hall–Kier alpha value is -2.52. The van der Waals surface area contributed by atoms with Gasteiger partial charge in [-0.15, -0.1) is 0 Å². The van der Waals surface area contributed by atoms with Gasteiger partial charge in [0.1, 0.15) is 11.8 Å². The van der Waals surface area contributed by atoms with Crippen molar-refractivity contribution in [1.29, 1.82) is 0 Å². The molecule has 0 radical (unpaired) electrons. The van der Waals surface area contributed by atoms with E-state index < -0.39 is 23.1 Å². The highest BCUT2D eigenvalue weighted by Crippen LogP contribution is 2.28. The van der Waals surface area contributed by atoms with E-state index in [1.807, 2.05) is 0 Å². The Kier molecular flexibility index (Phi) is 4.68. The number of aliphatic hydroxyl groups is 2. The van der Waals surface area contributed by atoms with Crippen molar-refractivity contribution in [2.75, 3.05) is 6.61 Å². The van der Waals surface area contributed by atoms with Crippen LogP contribution in [-0.2, 0) is 9.53 Å². The number of aromatic amines is 1. The summed E-state index contributed by atoms with van der Waals surface area (Å²) in [6.45, 7) is 1.80. The van der Waals surface area contributed by atoms with Gasteiger partial charge in [0.15, 0.2) is 0 Å². The molecule has 2 heterocycles. The Bertz CT molecular complexity index is 698. The third kappa shape index (κ3) is 3.21. The van der Waals surface area contributed by atoms with Crippen molar-refractivity contribution in [2.45, 2.75) is 25.6 Å². The minimum atomic E-state index is -1.41. The number of aliphatic hydroxyl groups excluding tert-OH is 2.